The van der Waals surface area contributed by atoms with Crippen molar-refractivity contribution in [3.63, 3.8) is 0 Å². The Kier molecular flexibility index (Phi) is 8.82. The van der Waals surface area contributed by atoms with Gasteiger partial charge in [-0.05, 0) is 58.0 Å². The third-order valence-corrected chi connectivity index (χ3v) is 5.59. The molecule has 3 aromatic rings. The summed E-state index contributed by atoms with van der Waals surface area (Å²) in [7, 11) is 3.14. The highest BCUT2D eigenvalue weighted by Crippen LogP contribution is 2.33. The molecular weight excluding hydrogens is 533 g/mol. The quantitative estimate of drug-likeness (QED) is 0.233. The van der Waals surface area contributed by atoms with Crippen LogP contribution in [0.5, 0.6) is 11.5 Å². The van der Waals surface area contributed by atoms with Crippen LogP contribution in [0.1, 0.15) is 33.9 Å². The number of carbonyl (C=O) groups is 2. The molecule has 33 heavy (non-hydrogen) atoms. The van der Waals surface area contributed by atoms with Crippen LogP contribution in [0.4, 0.5) is 0 Å². The lowest BCUT2D eigenvalue weighted by Crippen LogP contribution is -2.32. The molecule has 0 radical (unpaired) electrons. The lowest BCUT2D eigenvalue weighted by atomic mass is 10.0. The van der Waals surface area contributed by atoms with Crippen molar-refractivity contribution in [2.24, 2.45) is 5.10 Å². The number of nitrogens with one attached hydrogen (secondary N) is 2. The second-order valence-corrected chi connectivity index (χ2v) is 8.20. The van der Waals surface area contributed by atoms with Crippen LogP contribution < -0.4 is 20.2 Å². The third kappa shape index (κ3) is 6.79. The molecule has 3 aromatic carbocycles. The van der Waals surface area contributed by atoms with E-state index in [1.807, 2.05) is 42.5 Å². The fraction of sp³-hybridized carbons (Fsp3) is 0.160. The highest BCUT2D eigenvalue weighted by atomic mass is 127. The average Bonchev–Trinajstić information content (AvgIpc) is 2.84. The summed E-state index contributed by atoms with van der Waals surface area (Å²) in [6.45, 7) is 0. The number of benzene rings is 3. The Bertz CT molecular complexity index is 1120. The van der Waals surface area contributed by atoms with Gasteiger partial charge in [0.15, 0.2) is 11.5 Å². The van der Waals surface area contributed by atoms with Gasteiger partial charge in [0.25, 0.3) is 5.91 Å². The molecule has 0 spiro atoms. The van der Waals surface area contributed by atoms with E-state index in [0.29, 0.717) is 17.1 Å². The summed E-state index contributed by atoms with van der Waals surface area (Å²) in [5, 5.41) is 7.00. The van der Waals surface area contributed by atoms with Crippen LogP contribution in [-0.2, 0) is 4.79 Å². The average molecular weight is 557 g/mol. The van der Waals surface area contributed by atoms with Crippen LogP contribution in [0.3, 0.4) is 0 Å². The summed E-state index contributed by atoms with van der Waals surface area (Å²) in [4.78, 5) is 25.3. The molecule has 0 aromatic heterocycles. The van der Waals surface area contributed by atoms with Crippen molar-refractivity contribution in [3.05, 3.63) is 93.1 Å². The van der Waals surface area contributed by atoms with E-state index in [1.165, 1.54) is 6.21 Å². The lowest BCUT2D eigenvalue weighted by Gasteiger charge is -2.18. The lowest BCUT2D eigenvalue weighted by molar-refractivity contribution is -0.121. The molecule has 0 unspecified atom stereocenters. The van der Waals surface area contributed by atoms with Crippen LogP contribution in [0.15, 0.2) is 77.9 Å². The molecule has 8 heteroatoms. The van der Waals surface area contributed by atoms with Crippen LogP contribution in [0.2, 0.25) is 0 Å². The molecule has 3 rings (SSSR count). The first kappa shape index (κ1) is 24.2. The number of hydrogen-bond acceptors (Lipinski definition) is 5. The van der Waals surface area contributed by atoms with Crippen LogP contribution in [-0.4, -0.2) is 32.2 Å². The largest absolute Gasteiger partial charge is 0.493 e. The van der Waals surface area contributed by atoms with Gasteiger partial charge in [-0.25, -0.2) is 5.43 Å². The number of amides is 2. The van der Waals surface area contributed by atoms with E-state index in [0.717, 1.165) is 14.7 Å². The molecule has 0 heterocycles. The second kappa shape index (κ2) is 12.0. The molecule has 0 fully saturated rings. The van der Waals surface area contributed by atoms with Gasteiger partial charge in [-0.1, -0.05) is 48.5 Å². The van der Waals surface area contributed by atoms with Gasteiger partial charge in [0, 0.05) is 5.56 Å². The first-order chi connectivity index (χ1) is 16.0. The topological polar surface area (TPSA) is 89.0 Å². The number of hydrogen-bond donors (Lipinski definition) is 2. The number of rotatable bonds is 9. The number of carbonyl (C=O) groups excluding carboxylic acids is 2. The molecule has 0 bridgehead atoms. The Morgan fingerprint density at radius 1 is 1.00 bits per heavy atom. The van der Waals surface area contributed by atoms with Crippen LogP contribution >= 0.6 is 22.6 Å². The fourth-order valence-corrected chi connectivity index (χ4v) is 4.04. The minimum absolute atomic E-state index is 0.0311. The van der Waals surface area contributed by atoms with Gasteiger partial charge in [-0.15, -0.1) is 0 Å². The van der Waals surface area contributed by atoms with Gasteiger partial charge in [0.05, 0.1) is 36.5 Å². The summed E-state index contributed by atoms with van der Waals surface area (Å²) in [5.74, 6) is 0.633. The van der Waals surface area contributed by atoms with Gasteiger partial charge >= 0.3 is 0 Å². The molecular formula is C25H24IN3O4. The zero-order valence-electron chi connectivity index (χ0n) is 18.2. The van der Waals surface area contributed by atoms with Gasteiger partial charge in [0.1, 0.15) is 0 Å². The van der Waals surface area contributed by atoms with Crippen molar-refractivity contribution < 1.29 is 19.1 Å². The van der Waals surface area contributed by atoms with E-state index in [2.05, 4.69) is 38.4 Å². The molecule has 170 valence electrons. The molecule has 0 aliphatic heterocycles. The molecule has 0 aliphatic rings. The smallest absolute Gasteiger partial charge is 0.251 e. The molecule has 0 aliphatic carbocycles. The summed E-state index contributed by atoms with van der Waals surface area (Å²) < 4.78 is 11.5. The van der Waals surface area contributed by atoms with E-state index in [-0.39, 0.29) is 18.2 Å². The van der Waals surface area contributed by atoms with Gasteiger partial charge in [0.2, 0.25) is 5.91 Å². The summed E-state index contributed by atoms with van der Waals surface area (Å²) in [6.07, 6.45) is 1.56. The molecule has 7 nitrogen and oxygen atoms in total. The number of halogens is 1. The van der Waals surface area contributed by atoms with E-state index < -0.39 is 6.04 Å². The number of hydrazone groups is 1. The number of methoxy groups -OCH3 is 2. The maximum Gasteiger partial charge on any atom is 0.251 e. The SMILES string of the molecule is COc1cc(/C=N\NC(=O)C[C@H](NC(=O)c2ccccc2)c2ccccc2)cc(I)c1OC. The fourth-order valence-electron chi connectivity index (χ4n) is 3.19. The summed E-state index contributed by atoms with van der Waals surface area (Å²) >= 11 is 2.14. The third-order valence-electron chi connectivity index (χ3n) is 4.79. The Morgan fingerprint density at radius 2 is 1.67 bits per heavy atom. The Hall–Kier alpha value is -3.40. The second-order valence-electron chi connectivity index (χ2n) is 7.04. The molecule has 0 saturated carbocycles. The molecule has 0 saturated heterocycles. The molecule has 2 amide bonds. The van der Waals surface area contributed by atoms with Crippen molar-refractivity contribution in [1.82, 2.24) is 10.7 Å². The summed E-state index contributed by atoms with van der Waals surface area (Å²) in [6, 6.07) is 21.4. The predicted octanol–water partition coefficient (Wildman–Crippen LogP) is 4.32. The zero-order chi connectivity index (χ0) is 23.6. The van der Waals surface area contributed by atoms with E-state index in [9.17, 15) is 9.59 Å². The maximum absolute atomic E-state index is 12.7. The van der Waals surface area contributed by atoms with E-state index in [4.69, 9.17) is 9.47 Å². The monoisotopic (exact) mass is 557 g/mol. The van der Waals surface area contributed by atoms with Crippen molar-refractivity contribution in [2.45, 2.75) is 12.5 Å². The first-order valence-electron chi connectivity index (χ1n) is 10.2. The van der Waals surface area contributed by atoms with Gasteiger partial charge in [-0.3, -0.25) is 9.59 Å². The predicted molar refractivity (Wildman–Crippen MR) is 136 cm³/mol. The zero-order valence-corrected chi connectivity index (χ0v) is 20.4. The van der Waals surface area contributed by atoms with Crippen molar-refractivity contribution in [3.8, 4) is 11.5 Å². The standard InChI is InChI=1S/C25H24IN3O4/c1-32-22-14-17(13-20(26)24(22)33-2)16-27-29-23(30)15-21(18-9-5-3-6-10-18)28-25(31)19-11-7-4-8-12-19/h3-14,16,21H,15H2,1-2H3,(H,28,31)(H,29,30)/b27-16-/t21-/m0/s1. The first-order valence-corrected chi connectivity index (χ1v) is 11.2. The van der Waals surface area contributed by atoms with E-state index >= 15 is 0 Å². The van der Waals surface area contributed by atoms with Crippen molar-refractivity contribution in [2.75, 3.05) is 14.2 Å². The summed E-state index contributed by atoms with van der Waals surface area (Å²) in [5.41, 5.74) is 4.64. The highest BCUT2D eigenvalue weighted by Gasteiger charge is 2.19. The number of ether oxygens (including phenoxy) is 2. The minimum atomic E-state index is -0.504. The Labute approximate surface area is 206 Å². The van der Waals surface area contributed by atoms with E-state index in [1.54, 1.807) is 44.6 Å². The van der Waals surface area contributed by atoms with Crippen LogP contribution in [0.25, 0.3) is 0 Å². The highest BCUT2D eigenvalue weighted by molar-refractivity contribution is 14.1. The van der Waals surface area contributed by atoms with Crippen LogP contribution in [0, 0.1) is 3.57 Å². The van der Waals surface area contributed by atoms with Crippen molar-refractivity contribution in [1.29, 1.82) is 0 Å². The Morgan fingerprint density at radius 3 is 2.30 bits per heavy atom. The van der Waals surface area contributed by atoms with Gasteiger partial charge in [-0.2, -0.15) is 5.10 Å². The Balaban J connectivity index is 1.68. The van der Waals surface area contributed by atoms with Gasteiger partial charge < -0.3 is 14.8 Å². The minimum Gasteiger partial charge on any atom is -0.493 e. The maximum atomic E-state index is 12.7. The number of nitrogens with zero attached hydrogens (tertiary/aromatic N) is 1. The molecule has 2 N–H and O–H groups in total. The van der Waals surface area contributed by atoms with Crippen molar-refractivity contribution >= 4 is 40.6 Å². The normalized spacial score (nSPS) is 11.6. The molecule has 1 atom stereocenters.